The van der Waals surface area contributed by atoms with Crippen LogP contribution in [0.5, 0.6) is 0 Å². The molecule has 2 heteroatoms. The van der Waals surface area contributed by atoms with Gasteiger partial charge in [-0.15, -0.1) is 0 Å². The van der Waals surface area contributed by atoms with E-state index in [0.29, 0.717) is 12.2 Å². The Kier molecular flexibility index (Phi) is 4.45. The second-order valence-corrected chi connectivity index (χ2v) is 5.36. The molecule has 0 radical (unpaired) electrons. The van der Waals surface area contributed by atoms with Crippen molar-refractivity contribution in [3.05, 3.63) is 0 Å². The third kappa shape index (κ3) is 3.76. The molecule has 88 valence electrons. The summed E-state index contributed by atoms with van der Waals surface area (Å²) in [6.45, 7) is 4.52. The van der Waals surface area contributed by atoms with Crippen molar-refractivity contribution in [3.8, 4) is 0 Å². The molecule has 0 aromatic heterocycles. The fourth-order valence-corrected chi connectivity index (χ4v) is 2.79. The van der Waals surface area contributed by atoms with E-state index in [1.807, 2.05) is 0 Å². The molecule has 2 atom stereocenters. The molecular weight excluding hydrogens is 186 g/mol. The lowest BCUT2D eigenvalue weighted by Gasteiger charge is -2.20. The van der Waals surface area contributed by atoms with E-state index in [0.717, 1.165) is 19.0 Å². The van der Waals surface area contributed by atoms with E-state index in [2.05, 4.69) is 12.2 Å². The molecule has 1 aliphatic carbocycles. The molecule has 2 nitrogen and oxygen atoms in total. The lowest BCUT2D eigenvalue weighted by Crippen LogP contribution is -2.38. The predicted molar refractivity (Wildman–Crippen MR) is 63.0 cm³/mol. The lowest BCUT2D eigenvalue weighted by atomic mass is 9.91. The number of ether oxygens (including phenoxy) is 1. The summed E-state index contributed by atoms with van der Waals surface area (Å²) in [5, 5.41) is 3.32. The highest BCUT2D eigenvalue weighted by molar-refractivity contribution is 4.81. The van der Waals surface area contributed by atoms with E-state index in [9.17, 15) is 0 Å². The van der Waals surface area contributed by atoms with Crippen LogP contribution in [0.25, 0.3) is 0 Å². The Hall–Kier alpha value is -0.0800. The molecule has 2 saturated heterocycles. The van der Waals surface area contributed by atoms with Gasteiger partial charge in [0.1, 0.15) is 0 Å². The van der Waals surface area contributed by atoms with Gasteiger partial charge >= 0.3 is 0 Å². The molecule has 0 amide bonds. The van der Waals surface area contributed by atoms with Crippen LogP contribution in [0.2, 0.25) is 0 Å². The molecule has 15 heavy (non-hydrogen) atoms. The van der Waals surface area contributed by atoms with Crippen LogP contribution in [0.3, 0.4) is 0 Å². The van der Waals surface area contributed by atoms with E-state index in [1.165, 1.54) is 44.9 Å². The second-order valence-electron chi connectivity index (χ2n) is 5.36. The van der Waals surface area contributed by atoms with Gasteiger partial charge in [0.25, 0.3) is 0 Å². The van der Waals surface area contributed by atoms with Crippen molar-refractivity contribution in [1.29, 1.82) is 0 Å². The first kappa shape index (κ1) is 11.4. The van der Waals surface area contributed by atoms with Crippen LogP contribution in [0, 0.1) is 5.92 Å². The van der Waals surface area contributed by atoms with Gasteiger partial charge in [-0.3, -0.25) is 0 Å². The van der Waals surface area contributed by atoms with Crippen molar-refractivity contribution < 1.29 is 4.74 Å². The van der Waals surface area contributed by atoms with E-state index < -0.39 is 0 Å². The van der Waals surface area contributed by atoms with Gasteiger partial charge in [-0.25, -0.2) is 0 Å². The quantitative estimate of drug-likeness (QED) is 0.665. The Morgan fingerprint density at radius 2 is 1.47 bits per heavy atom. The summed E-state index contributed by atoms with van der Waals surface area (Å²) >= 11 is 0. The molecule has 2 heterocycles. The summed E-state index contributed by atoms with van der Waals surface area (Å²) in [4.78, 5) is 0. The maximum atomic E-state index is 5.53. The van der Waals surface area contributed by atoms with Gasteiger partial charge in [-0.1, -0.05) is 39.0 Å². The topological polar surface area (TPSA) is 21.3 Å². The first-order valence-electron chi connectivity index (χ1n) is 6.71. The van der Waals surface area contributed by atoms with Gasteiger partial charge in [0.05, 0.1) is 12.2 Å². The van der Waals surface area contributed by atoms with Crippen LogP contribution in [0.4, 0.5) is 0 Å². The van der Waals surface area contributed by atoms with Crippen molar-refractivity contribution in [2.45, 2.75) is 64.1 Å². The highest BCUT2D eigenvalue weighted by Crippen LogP contribution is 2.22. The Labute approximate surface area is 93.8 Å². The summed E-state index contributed by atoms with van der Waals surface area (Å²) in [5.41, 5.74) is 0. The van der Waals surface area contributed by atoms with Gasteiger partial charge in [-0.2, -0.15) is 0 Å². The fourth-order valence-electron chi connectivity index (χ4n) is 2.79. The standard InChI is InChI=1S/C7H14.C6H11NO/c1-7-5-3-2-4-6-7;1-2-6-4-7-3-5(1)8-6/h7H,2-6H2,1H3;5-7H,1-4H2. The van der Waals surface area contributed by atoms with Crippen molar-refractivity contribution in [1.82, 2.24) is 5.32 Å². The number of nitrogens with one attached hydrogen (secondary N) is 1. The summed E-state index contributed by atoms with van der Waals surface area (Å²) < 4.78 is 5.53. The minimum atomic E-state index is 0.550. The van der Waals surface area contributed by atoms with Crippen molar-refractivity contribution in [2.24, 2.45) is 5.92 Å². The molecule has 1 saturated carbocycles. The molecule has 0 aromatic rings. The molecule has 0 spiro atoms. The smallest absolute Gasteiger partial charge is 0.0704 e. The Balaban J connectivity index is 0.000000115. The highest BCUT2D eigenvalue weighted by Gasteiger charge is 2.28. The van der Waals surface area contributed by atoms with E-state index >= 15 is 0 Å². The van der Waals surface area contributed by atoms with Crippen LogP contribution in [0.1, 0.15) is 51.9 Å². The van der Waals surface area contributed by atoms with Gasteiger partial charge < -0.3 is 10.1 Å². The van der Waals surface area contributed by atoms with Crippen molar-refractivity contribution >= 4 is 0 Å². The maximum absolute atomic E-state index is 5.53. The number of morpholine rings is 1. The minimum Gasteiger partial charge on any atom is -0.372 e. The van der Waals surface area contributed by atoms with E-state index in [4.69, 9.17) is 4.74 Å². The third-order valence-electron chi connectivity index (χ3n) is 3.83. The number of hydrogen-bond donors (Lipinski definition) is 1. The average molecular weight is 211 g/mol. The third-order valence-corrected chi connectivity index (χ3v) is 3.83. The van der Waals surface area contributed by atoms with E-state index in [-0.39, 0.29) is 0 Å². The second kappa shape index (κ2) is 5.86. The van der Waals surface area contributed by atoms with Crippen molar-refractivity contribution in [2.75, 3.05) is 13.1 Å². The average Bonchev–Trinajstić information content (AvgIpc) is 2.60. The van der Waals surface area contributed by atoms with Crippen LogP contribution < -0.4 is 5.32 Å². The zero-order valence-corrected chi connectivity index (χ0v) is 10.0. The fraction of sp³-hybridized carbons (Fsp3) is 1.00. The summed E-state index contributed by atoms with van der Waals surface area (Å²) in [7, 11) is 0. The van der Waals surface area contributed by atoms with Gasteiger partial charge in [-0.05, 0) is 18.8 Å². The van der Waals surface area contributed by atoms with Crippen LogP contribution in [0.15, 0.2) is 0 Å². The van der Waals surface area contributed by atoms with Crippen LogP contribution >= 0.6 is 0 Å². The zero-order chi connectivity index (χ0) is 10.5. The normalized spacial score (nSPS) is 35.8. The number of rotatable bonds is 0. The molecule has 3 aliphatic rings. The summed E-state index contributed by atoms with van der Waals surface area (Å²) in [6.07, 6.45) is 11.1. The molecule has 2 bridgehead atoms. The van der Waals surface area contributed by atoms with Crippen molar-refractivity contribution in [3.63, 3.8) is 0 Å². The highest BCUT2D eigenvalue weighted by atomic mass is 16.5. The number of hydrogen-bond acceptors (Lipinski definition) is 2. The SMILES string of the molecule is C1CC2CNCC1O2.CC1CCCCC1. The first-order chi connectivity index (χ1) is 7.34. The van der Waals surface area contributed by atoms with E-state index in [1.54, 1.807) is 0 Å². The molecule has 1 N–H and O–H groups in total. The Bertz CT molecular complexity index is 163. The molecular formula is C13H25NO. The largest absolute Gasteiger partial charge is 0.372 e. The molecule has 3 rings (SSSR count). The summed E-state index contributed by atoms with van der Waals surface area (Å²) in [5.74, 6) is 1.04. The molecule has 2 aliphatic heterocycles. The minimum absolute atomic E-state index is 0.550. The lowest BCUT2D eigenvalue weighted by molar-refractivity contribution is 0.0184. The van der Waals surface area contributed by atoms with Crippen LogP contribution in [-0.4, -0.2) is 25.3 Å². The van der Waals surface area contributed by atoms with Crippen LogP contribution in [-0.2, 0) is 4.74 Å². The summed E-state index contributed by atoms with van der Waals surface area (Å²) in [6, 6.07) is 0. The van der Waals surface area contributed by atoms with Gasteiger partial charge in [0, 0.05) is 13.1 Å². The Morgan fingerprint density at radius 3 is 1.87 bits per heavy atom. The monoisotopic (exact) mass is 211 g/mol. The van der Waals surface area contributed by atoms with Gasteiger partial charge in [0.15, 0.2) is 0 Å². The predicted octanol–water partition coefficient (Wildman–Crippen LogP) is 2.72. The molecule has 0 aromatic carbocycles. The number of fused-ring (bicyclic) bond motifs is 2. The maximum Gasteiger partial charge on any atom is 0.0704 e. The first-order valence-corrected chi connectivity index (χ1v) is 6.71. The Morgan fingerprint density at radius 1 is 0.867 bits per heavy atom. The zero-order valence-electron chi connectivity index (χ0n) is 10.0. The molecule has 2 unspecified atom stereocenters. The molecule has 3 fully saturated rings. The van der Waals surface area contributed by atoms with Gasteiger partial charge in [0.2, 0.25) is 0 Å².